The van der Waals surface area contributed by atoms with Crippen molar-refractivity contribution in [2.45, 2.75) is 13.0 Å². The predicted octanol–water partition coefficient (Wildman–Crippen LogP) is 1.75. The molecule has 1 unspecified atom stereocenters. The van der Waals surface area contributed by atoms with Gasteiger partial charge in [-0.1, -0.05) is 12.1 Å². The highest BCUT2D eigenvalue weighted by Gasteiger charge is 2.14. The molecule has 0 bridgehead atoms. The normalized spacial score (nSPS) is 18.6. The summed E-state index contributed by atoms with van der Waals surface area (Å²) >= 11 is 0. The van der Waals surface area contributed by atoms with Crippen LogP contribution in [-0.2, 0) is 11.3 Å². The number of methoxy groups -OCH3 is 1. The molecule has 112 valence electrons. The summed E-state index contributed by atoms with van der Waals surface area (Å²) in [7, 11) is 3.86. The third kappa shape index (κ3) is 5.12. The number of hydrogen-bond acceptors (Lipinski definition) is 4. The molecule has 1 atom stereocenters. The number of rotatable bonds is 8. The molecule has 4 nitrogen and oxygen atoms in total. The first-order chi connectivity index (χ1) is 9.78. The van der Waals surface area contributed by atoms with Gasteiger partial charge in [0.15, 0.2) is 0 Å². The maximum Gasteiger partial charge on any atom is 0.119 e. The van der Waals surface area contributed by atoms with Gasteiger partial charge in [0.2, 0.25) is 0 Å². The van der Waals surface area contributed by atoms with Crippen LogP contribution in [0.25, 0.3) is 0 Å². The van der Waals surface area contributed by atoms with Crippen LogP contribution in [0.1, 0.15) is 12.0 Å². The van der Waals surface area contributed by atoms with Crippen molar-refractivity contribution in [2.24, 2.45) is 5.92 Å². The van der Waals surface area contributed by atoms with Gasteiger partial charge in [-0.25, -0.2) is 0 Å². The molecule has 1 aliphatic rings. The van der Waals surface area contributed by atoms with Crippen molar-refractivity contribution in [1.82, 2.24) is 10.2 Å². The van der Waals surface area contributed by atoms with E-state index in [0.29, 0.717) is 5.92 Å². The minimum Gasteiger partial charge on any atom is -0.497 e. The first-order valence-corrected chi connectivity index (χ1v) is 7.38. The zero-order chi connectivity index (χ0) is 14.2. The summed E-state index contributed by atoms with van der Waals surface area (Å²) in [5.74, 6) is 1.63. The molecule has 1 saturated heterocycles. The van der Waals surface area contributed by atoms with E-state index in [2.05, 4.69) is 29.4 Å². The van der Waals surface area contributed by atoms with Crippen molar-refractivity contribution in [3.05, 3.63) is 29.8 Å². The average molecular weight is 278 g/mol. The lowest BCUT2D eigenvalue weighted by atomic mass is 10.1. The second-order valence-electron chi connectivity index (χ2n) is 5.52. The van der Waals surface area contributed by atoms with Crippen LogP contribution in [0, 0.1) is 5.92 Å². The Morgan fingerprint density at radius 2 is 2.35 bits per heavy atom. The fourth-order valence-corrected chi connectivity index (χ4v) is 2.48. The molecular formula is C16H26N2O2. The van der Waals surface area contributed by atoms with Crippen LogP contribution in [0.15, 0.2) is 24.3 Å². The fraction of sp³-hybridized carbons (Fsp3) is 0.625. The Morgan fingerprint density at radius 3 is 3.10 bits per heavy atom. The average Bonchev–Trinajstić information content (AvgIpc) is 2.97. The monoisotopic (exact) mass is 278 g/mol. The maximum atomic E-state index is 5.37. The lowest BCUT2D eigenvalue weighted by Gasteiger charge is -2.18. The van der Waals surface area contributed by atoms with E-state index in [9.17, 15) is 0 Å². The molecule has 1 heterocycles. The van der Waals surface area contributed by atoms with Gasteiger partial charge in [0, 0.05) is 32.8 Å². The van der Waals surface area contributed by atoms with Crippen LogP contribution >= 0.6 is 0 Å². The van der Waals surface area contributed by atoms with Crippen LogP contribution < -0.4 is 10.1 Å². The number of likely N-dealkylation sites (N-methyl/N-ethyl adjacent to an activating group) is 1. The van der Waals surface area contributed by atoms with Crippen LogP contribution in [0.4, 0.5) is 0 Å². The third-order valence-corrected chi connectivity index (χ3v) is 3.71. The Bertz CT molecular complexity index is 392. The Hall–Kier alpha value is -1.10. The molecule has 0 aromatic heterocycles. The van der Waals surface area contributed by atoms with Gasteiger partial charge in [-0.15, -0.1) is 0 Å². The summed E-state index contributed by atoms with van der Waals surface area (Å²) in [6.07, 6.45) is 1.20. The maximum absolute atomic E-state index is 5.37. The van der Waals surface area contributed by atoms with E-state index in [0.717, 1.165) is 45.1 Å². The Labute approximate surface area is 122 Å². The van der Waals surface area contributed by atoms with Gasteiger partial charge in [-0.2, -0.15) is 0 Å². The number of benzene rings is 1. The van der Waals surface area contributed by atoms with E-state index >= 15 is 0 Å². The van der Waals surface area contributed by atoms with Crippen LogP contribution in [-0.4, -0.2) is 51.9 Å². The van der Waals surface area contributed by atoms with E-state index in [1.54, 1.807) is 7.11 Å². The summed E-state index contributed by atoms with van der Waals surface area (Å²) in [5.41, 5.74) is 1.29. The van der Waals surface area contributed by atoms with Crippen molar-refractivity contribution >= 4 is 0 Å². The smallest absolute Gasteiger partial charge is 0.119 e. The fourth-order valence-electron chi connectivity index (χ4n) is 2.48. The third-order valence-electron chi connectivity index (χ3n) is 3.71. The molecule has 1 aromatic rings. The molecule has 1 aromatic carbocycles. The molecular weight excluding hydrogens is 252 g/mol. The molecule has 0 spiro atoms. The summed E-state index contributed by atoms with van der Waals surface area (Å²) in [5, 5.41) is 3.52. The number of nitrogens with zero attached hydrogens (tertiary/aromatic N) is 1. The Balaban J connectivity index is 1.62. The molecule has 1 fully saturated rings. The van der Waals surface area contributed by atoms with E-state index in [-0.39, 0.29) is 0 Å². The summed E-state index contributed by atoms with van der Waals surface area (Å²) in [4.78, 5) is 2.33. The van der Waals surface area contributed by atoms with Gasteiger partial charge < -0.3 is 19.7 Å². The molecule has 1 aliphatic heterocycles. The molecule has 0 radical (unpaired) electrons. The predicted molar refractivity (Wildman–Crippen MR) is 81.1 cm³/mol. The zero-order valence-corrected chi connectivity index (χ0v) is 12.6. The van der Waals surface area contributed by atoms with Crippen LogP contribution in [0.5, 0.6) is 5.75 Å². The largest absolute Gasteiger partial charge is 0.497 e. The first-order valence-electron chi connectivity index (χ1n) is 7.38. The molecule has 0 amide bonds. The molecule has 20 heavy (non-hydrogen) atoms. The quantitative estimate of drug-likeness (QED) is 0.735. The van der Waals surface area contributed by atoms with Crippen LogP contribution in [0.2, 0.25) is 0 Å². The highest BCUT2D eigenvalue weighted by atomic mass is 16.5. The number of ether oxygens (including phenoxy) is 2. The van der Waals surface area contributed by atoms with Crippen molar-refractivity contribution in [3.63, 3.8) is 0 Å². The van der Waals surface area contributed by atoms with E-state index in [1.165, 1.54) is 12.0 Å². The Morgan fingerprint density at radius 1 is 1.45 bits per heavy atom. The lowest BCUT2D eigenvalue weighted by Crippen LogP contribution is -2.32. The van der Waals surface area contributed by atoms with Crippen LogP contribution in [0.3, 0.4) is 0 Å². The number of hydrogen-bond donors (Lipinski definition) is 1. The summed E-state index contributed by atoms with van der Waals surface area (Å²) < 4.78 is 10.6. The van der Waals surface area contributed by atoms with Gasteiger partial charge in [0.05, 0.1) is 13.7 Å². The van der Waals surface area contributed by atoms with E-state index in [4.69, 9.17) is 9.47 Å². The molecule has 4 heteroatoms. The van der Waals surface area contributed by atoms with Crippen molar-refractivity contribution in [2.75, 3.05) is 47.0 Å². The van der Waals surface area contributed by atoms with E-state index in [1.807, 2.05) is 12.1 Å². The zero-order valence-electron chi connectivity index (χ0n) is 12.6. The van der Waals surface area contributed by atoms with Crippen molar-refractivity contribution < 1.29 is 9.47 Å². The van der Waals surface area contributed by atoms with Gasteiger partial charge in [-0.05, 0) is 37.1 Å². The SMILES string of the molecule is COc1cccc(CN(C)CCNCC2CCOC2)c1. The summed E-state index contributed by atoms with van der Waals surface area (Å²) in [6, 6.07) is 8.26. The minimum atomic E-state index is 0.707. The first kappa shape index (κ1) is 15.3. The minimum absolute atomic E-state index is 0.707. The Kier molecular flexibility index (Phi) is 6.30. The molecule has 2 rings (SSSR count). The van der Waals surface area contributed by atoms with Gasteiger partial charge in [-0.3, -0.25) is 0 Å². The van der Waals surface area contributed by atoms with Gasteiger partial charge in [0.1, 0.15) is 5.75 Å². The standard InChI is InChI=1S/C16H26N2O2/c1-18(8-7-17-11-15-6-9-20-13-15)12-14-4-3-5-16(10-14)19-2/h3-5,10,15,17H,6-9,11-13H2,1-2H3. The second kappa shape index (κ2) is 8.25. The van der Waals surface area contributed by atoms with Crippen molar-refractivity contribution in [3.8, 4) is 5.75 Å². The second-order valence-corrected chi connectivity index (χ2v) is 5.52. The lowest BCUT2D eigenvalue weighted by molar-refractivity contribution is 0.185. The van der Waals surface area contributed by atoms with Crippen molar-refractivity contribution in [1.29, 1.82) is 0 Å². The molecule has 0 aliphatic carbocycles. The van der Waals surface area contributed by atoms with Gasteiger partial charge >= 0.3 is 0 Å². The molecule has 1 N–H and O–H groups in total. The van der Waals surface area contributed by atoms with Gasteiger partial charge in [0.25, 0.3) is 0 Å². The highest BCUT2D eigenvalue weighted by Crippen LogP contribution is 2.13. The summed E-state index contributed by atoms with van der Waals surface area (Å²) in [6.45, 7) is 5.95. The molecule has 0 saturated carbocycles. The number of nitrogens with one attached hydrogen (secondary N) is 1. The van der Waals surface area contributed by atoms with E-state index < -0.39 is 0 Å². The topological polar surface area (TPSA) is 33.7 Å². The highest BCUT2D eigenvalue weighted by molar-refractivity contribution is 5.28.